The van der Waals surface area contributed by atoms with Gasteiger partial charge >= 0.3 is 0 Å². The van der Waals surface area contributed by atoms with Crippen molar-refractivity contribution in [3.05, 3.63) is 39.9 Å². The van der Waals surface area contributed by atoms with E-state index in [-0.39, 0.29) is 11.0 Å². The van der Waals surface area contributed by atoms with Gasteiger partial charge in [0.15, 0.2) is 0 Å². The third kappa shape index (κ3) is 1.07. The normalized spacial score (nSPS) is 24.9. The van der Waals surface area contributed by atoms with Crippen molar-refractivity contribution >= 4 is 5.69 Å². The van der Waals surface area contributed by atoms with Gasteiger partial charge in [0.25, 0.3) is 6.04 Å². The summed E-state index contributed by atoms with van der Waals surface area (Å²) in [5.74, 6) is 0. The van der Waals surface area contributed by atoms with Gasteiger partial charge in [-0.1, -0.05) is 18.2 Å². The Kier molecular flexibility index (Phi) is 1.91. The van der Waals surface area contributed by atoms with E-state index in [9.17, 15) is 10.1 Å². The summed E-state index contributed by atoms with van der Waals surface area (Å²) in [6, 6.07) is 6.86. The number of benzene rings is 1. The minimum atomic E-state index is -0.587. The fourth-order valence-electron chi connectivity index (χ4n) is 2.04. The fourth-order valence-corrected chi connectivity index (χ4v) is 2.04. The van der Waals surface area contributed by atoms with E-state index in [4.69, 9.17) is 0 Å². The van der Waals surface area contributed by atoms with Crippen molar-refractivity contribution in [1.82, 2.24) is 0 Å². The summed E-state index contributed by atoms with van der Waals surface area (Å²) in [7, 11) is 1.90. The van der Waals surface area contributed by atoms with Gasteiger partial charge < -0.3 is 4.90 Å². The third-order valence-electron chi connectivity index (χ3n) is 2.93. The summed E-state index contributed by atoms with van der Waals surface area (Å²) >= 11 is 0. The Hall–Kier alpha value is -1.58. The summed E-state index contributed by atoms with van der Waals surface area (Å²) in [6.45, 7) is 1.88. The molecule has 0 aromatic heterocycles. The first-order chi connectivity index (χ1) is 6.63. The number of hydrogen-bond acceptors (Lipinski definition) is 3. The first kappa shape index (κ1) is 8.99. The van der Waals surface area contributed by atoms with Gasteiger partial charge in [0.05, 0.1) is 11.6 Å². The van der Waals surface area contributed by atoms with Gasteiger partial charge in [0, 0.05) is 17.7 Å². The minimum Gasteiger partial charge on any atom is -0.364 e. The van der Waals surface area contributed by atoms with Gasteiger partial charge in [0.2, 0.25) is 0 Å². The molecule has 14 heavy (non-hydrogen) atoms. The molecule has 0 fully saturated rings. The highest BCUT2D eigenvalue weighted by atomic mass is 16.6. The molecule has 2 rings (SSSR count). The van der Waals surface area contributed by atoms with Crippen molar-refractivity contribution in [2.24, 2.45) is 0 Å². The topological polar surface area (TPSA) is 46.4 Å². The van der Waals surface area contributed by atoms with Crippen LogP contribution in [0.3, 0.4) is 0 Å². The van der Waals surface area contributed by atoms with Crippen LogP contribution in [0, 0.1) is 10.1 Å². The highest BCUT2D eigenvalue weighted by molar-refractivity contribution is 5.59. The van der Waals surface area contributed by atoms with Gasteiger partial charge in [-0.15, -0.1) is 0 Å². The molecular weight excluding hydrogens is 180 g/mol. The van der Waals surface area contributed by atoms with Crippen LogP contribution in [-0.4, -0.2) is 18.0 Å². The molecule has 0 radical (unpaired) electrons. The number of para-hydroxylation sites is 1. The van der Waals surface area contributed by atoms with E-state index in [2.05, 4.69) is 0 Å². The summed E-state index contributed by atoms with van der Waals surface area (Å²) in [4.78, 5) is 12.7. The van der Waals surface area contributed by atoms with Crippen molar-refractivity contribution in [2.75, 3.05) is 11.9 Å². The quantitative estimate of drug-likeness (QED) is 0.504. The second kappa shape index (κ2) is 2.97. The number of hydrogen-bond donors (Lipinski definition) is 0. The van der Waals surface area contributed by atoms with Crippen molar-refractivity contribution in [3.8, 4) is 0 Å². The van der Waals surface area contributed by atoms with Crippen molar-refractivity contribution < 1.29 is 4.92 Å². The number of fused-ring (bicyclic) bond motifs is 1. The van der Waals surface area contributed by atoms with Crippen LogP contribution in [0.25, 0.3) is 0 Å². The van der Waals surface area contributed by atoms with E-state index in [0.717, 1.165) is 11.3 Å². The highest BCUT2D eigenvalue weighted by Crippen LogP contribution is 2.39. The van der Waals surface area contributed by atoms with Gasteiger partial charge in [-0.25, -0.2) is 0 Å². The van der Waals surface area contributed by atoms with E-state index in [1.807, 2.05) is 43.1 Å². The molecule has 74 valence electrons. The maximum atomic E-state index is 10.9. The zero-order chi connectivity index (χ0) is 10.3. The predicted molar refractivity (Wildman–Crippen MR) is 54.0 cm³/mol. The lowest BCUT2D eigenvalue weighted by Crippen LogP contribution is -2.30. The lowest BCUT2D eigenvalue weighted by atomic mass is 10.1. The standard InChI is InChI=1S/C10H12N2O2/c1-7-10(12(13)14)8-5-3-4-6-9(8)11(7)2/h3-7,10H,1-2H3. The van der Waals surface area contributed by atoms with E-state index in [0.29, 0.717) is 0 Å². The number of nitro groups is 1. The molecule has 1 aliphatic heterocycles. The number of nitrogens with zero attached hydrogens (tertiary/aromatic N) is 2. The molecule has 1 heterocycles. The van der Waals surface area contributed by atoms with Crippen molar-refractivity contribution in [2.45, 2.75) is 19.0 Å². The average Bonchev–Trinajstić information content (AvgIpc) is 2.41. The summed E-state index contributed by atoms with van der Waals surface area (Å²) < 4.78 is 0. The molecular formula is C10H12N2O2. The predicted octanol–water partition coefficient (Wildman–Crippen LogP) is 1.84. The fraction of sp³-hybridized carbons (Fsp3) is 0.400. The lowest BCUT2D eigenvalue weighted by molar-refractivity contribution is -0.529. The minimum absolute atomic E-state index is 0.0672. The van der Waals surface area contributed by atoms with E-state index >= 15 is 0 Å². The lowest BCUT2D eigenvalue weighted by Gasteiger charge is -2.18. The van der Waals surface area contributed by atoms with E-state index < -0.39 is 6.04 Å². The Morgan fingerprint density at radius 1 is 1.43 bits per heavy atom. The molecule has 0 N–H and O–H groups in total. The van der Waals surface area contributed by atoms with Crippen molar-refractivity contribution in [1.29, 1.82) is 0 Å². The Morgan fingerprint density at radius 2 is 2.07 bits per heavy atom. The number of rotatable bonds is 1. The van der Waals surface area contributed by atoms with Gasteiger partial charge in [0.1, 0.15) is 0 Å². The highest BCUT2D eigenvalue weighted by Gasteiger charge is 2.41. The monoisotopic (exact) mass is 192 g/mol. The molecule has 2 atom stereocenters. The summed E-state index contributed by atoms with van der Waals surface area (Å²) in [6.07, 6.45) is 0. The smallest absolute Gasteiger partial charge is 0.259 e. The van der Waals surface area contributed by atoms with Crippen LogP contribution in [0.4, 0.5) is 5.69 Å². The van der Waals surface area contributed by atoms with Crippen LogP contribution < -0.4 is 4.90 Å². The zero-order valence-electron chi connectivity index (χ0n) is 8.18. The largest absolute Gasteiger partial charge is 0.364 e. The molecule has 4 nitrogen and oxygen atoms in total. The second-order valence-corrected chi connectivity index (χ2v) is 3.64. The molecule has 0 spiro atoms. The maximum Gasteiger partial charge on any atom is 0.259 e. The molecule has 0 saturated heterocycles. The summed E-state index contributed by atoms with van der Waals surface area (Å²) in [5.41, 5.74) is 1.80. The number of likely N-dealkylation sites (N-methyl/N-ethyl adjacent to an activating group) is 1. The molecule has 2 unspecified atom stereocenters. The molecule has 0 bridgehead atoms. The number of anilines is 1. The Balaban J connectivity index is 2.53. The molecule has 1 aromatic carbocycles. The van der Waals surface area contributed by atoms with E-state index in [1.165, 1.54) is 0 Å². The van der Waals surface area contributed by atoms with Gasteiger partial charge in [-0.05, 0) is 13.0 Å². The van der Waals surface area contributed by atoms with Crippen LogP contribution in [-0.2, 0) is 0 Å². The Bertz CT molecular complexity index is 378. The van der Waals surface area contributed by atoms with Gasteiger partial charge in [-0.3, -0.25) is 10.1 Å². The van der Waals surface area contributed by atoms with Crippen LogP contribution in [0.15, 0.2) is 24.3 Å². The summed E-state index contributed by atoms with van der Waals surface area (Å²) in [5, 5.41) is 10.9. The second-order valence-electron chi connectivity index (χ2n) is 3.64. The molecule has 4 heteroatoms. The Labute approximate surface area is 82.3 Å². The Morgan fingerprint density at radius 3 is 2.71 bits per heavy atom. The average molecular weight is 192 g/mol. The van der Waals surface area contributed by atoms with E-state index in [1.54, 1.807) is 0 Å². The van der Waals surface area contributed by atoms with Crippen molar-refractivity contribution in [3.63, 3.8) is 0 Å². The first-order valence-electron chi connectivity index (χ1n) is 4.58. The van der Waals surface area contributed by atoms with Crippen LogP contribution in [0.1, 0.15) is 18.5 Å². The first-order valence-corrected chi connectivity index (χ1v) is 4.58. The third-order valence-corrected chi connectivity index (χ3v) is 2.93. The van der Waals surface area contributed by atoms with Crippen LogP contribution in [0.5, 0.6) is 0 Å². The molecule has 1 aliphatic rings. The van der Waals surface area contributed by atoms with Crippen LogP contribution in [0.2, 0.25) is 0 Å². The maximum absolute atomic E-state index is 10.9. The zero-order valence-corrected chi connectivity index (χ0v) is 8.18. The van der Waals surface area contributed by atoms with Gasteiger partial charge in [-0.2, -0.15) is 0 Å². The van der Waals surface area contributed by atoms with Crippen LogP contribution >= 0.6 is 0 Å². The molecule has 0 aliphatic carbocycles. The SMILES string of the molecule is CC1C([N+](=O)[O-])c2ccccc2N1C. The molecule has 0 amide bonds. The molecule has 1 aromatic rings. The molecule has 0 saturated carbocycles.